The number of hydrogen-bond acceptors (Lipinski definition) is 2. The van der Waals surface area contributed by atoms with Crippen LogP contribution >= 0.6 is 0 Å². The van der Waals surface area contributed by atoms with E-state index in [1.54, 1.807) is 0 Å². The minimum absolute atomic E-state index is 0.381. The van der Waals surface area contributed by atoms with Gasteiger partial charge in [-0.3, -0.25) is 0 Å². The highest BCUT2D eigenvalue weighted by molar-refractivity contribution is 4.54. The minimum atomic E-state index is -0.381. The Morgan fingerprint density at radius 3 is 1.89 bits per heavy atom. The maximum Gasteiger partial charge on any atom is 0.0773 e. The fraction of sp³-hybridized carbons (Fsp3) is 0.938. The molecule has 0 saturated heterocycles. The van der Waals surface area contributed by atoms with E-state index in [4.69, 9.17) is 4.74 Å². The Hall–Kier alpha value is -0.0800. The van der Waals surface area contributed by atoms with Crippen LogP contribution in [0.4, 0.5) is 0 Å². The summed E-state index contributed by atoms with van der Waals surface area (Å²) >= 11 is 0. The summed E-state index contributed by atoms with van der Waals surface area (Å²) < 4.78 is 5.37. The Balaban J connectivity index is 2.94. The molecule has 0 heterocycles. The van der Waals surface area contributed by atoms with Gasteiger partial charge in [-0.25, -0.2) is 0 Å². The van der Waals surface area contributed by atoms with Gasteiger partial charge in [0.1, 0.15) is 0 Å². The third kappa shape index (κ3) is 14.0. The molecule has 0 rings (SSSR count). The summed E-state index contributed by atoms with van der Waals surface area (Å²) in [6.07, 6.45) is 13.6. The van der Waals surface area contributed by atoms with Gasteiger partial charge in [-0.15, -0.1) is 0 Å². The number of aliphatic hydroxyl groups excluding tert-OH is 1. The average molecular weight is 257 g/mol. The van der Waals surface area contributed by atoms with Crippen molar-refractivity contribution < 1.29 is 9.84 Å². The first-order chi connectivity index (χ1) is 8.81. The molecule has 18 heavy (non-hydrogen) atoms. The van der Waals surface area contributed by atoms with E-state index in [9.17, 15) is 5.11 Å². The fourth-order valence-corrected chi connectivity index (χ4v) is 1.99. The number of rotatable bonds is 14. The summed E-state index contributed by atoms with van der Waals surface area (Å²) in [6.45, 7) is 7.12. The maximum atomic E-state index is 9.23. The number of hydrogen-bond donors (Lipinski definition) is 1. The van der Waals surface area contributed by atoms with E-state index in [0.29, 0.717) is 13.0 Å². The first-order valence-corrected chi connectivity index (χ1v) is 7.86. The van der Waals surface area contributed by atoms with E-state index in [0.717, 1.165) is 13.0 Å². The van der Waals surface area contributed by atoms with Gasteiger partial charge in [0.25, 0.3) is 0 Å². The highest BCUT2D eigenvalue weighted by Crippen LogP contribution is 2.10. The third-order valence-corrected chi connectivity index (χ3v) is 3.29. The van der Waals surface area contributed by atoms with E-state index in [-0.39, 0.29) is 6.10 Å². The van der Waals surface area contributed by atoms with E-state index in [1.807, 2.05) is 0 Å². The zero-order valence-electron chi connectivity index (χ0n) is 12.3. The van der Waals surface area contributed by atoms with Gasteiger partial charge in [0, 0.05) is 6.61 Å². The van der Waals surface area contributed by atoms with Gasteiger partial charge in [-0.1, -0.05) is 71.6 Å². The second-order valence-electron chi connectivity index (χ2n) is 5.20. The van der Waals surface area contributed by atoms with Crippen LogP contribution in [0.2, 0.25) is 0 Å². The summed E-state index contributed by atoms with van der Waals surface area (Å²) in [4.78, 5) is 0. The molecule has 0 aromatic heterocycles. The van der Waals surface area contributed by atoms with Crippen molar-refractivity contribution in [3.63, 3.8) is 0 Å². The summed E-state index contributed by atoms with van der Waals surface area (Å²) in [7, 11) is 0. The summed E-state index contributed by atoms with van der Waals surface area (Å²) in [5.74, 6) is 0. The van der Waals surface area contributed by atoms with Crippen LogP contribution in [-0.4, -0.2) is 24.4 Å². The van der Waals surface area contributed by atoms with E-state index in [1.165, 1.54) is 57.8 Å². The number of ether oxygens (including phenoxy) is 1. The Bertz CT molecular complexity index is 148. The molecule has 0 bridgehead atoms. The highest BCUT2D eigenvalue weighted by atomic mass is 16.5. The molecule has 0 fully saturated rings. The van der Waals surface area contributed by atoms with Crippen LogP contribution in [0.1, 0.15) is 77.6 Å². The molecule has 0 aromatic rings. The van der Waals surface area contributed by atoms with Gasteiger partial charge >= 0.3 is 0 Å². The Kier molecular flexibility index (Phi) is 14.9. The molecule has 1 atom stereocenters. The van der Waals surface area contributed by atoms with Gasteiger partial charge in [0.05, 0.1) is 12.7 Å². The molecule has 2 heteroatoms. The molecule has 0 aliphatic carbocycles. The molecule has 0 amide bonds. The minimum Gasteiger partial charge on any atom is -0.391 e. The smallest absolute Gasteiger partial charge is 0.0773 e. The topological polar surface area (TPSA) is 29.5 Å². The average Bonchev–Trinajstić information content (AvgIpc) is 2.39. The van der Waals surface area contributed by atoms with Crippen molar-refractivity contribution in [1.82, 2.24) is 0 Å². The molecule has 0 aliphatic heterocycles. The van der Waals surface area contributed by atoms with Crippen molar-refractivity contribution in [2.75, 3.05) is 13.2 Å². The quantitative estimate of drug-likeness (QED) is 0.464. The molecule has 0 saturated carbocycles. The van der Waals surface area contributed by atoms with Crippen molar-refractivity contribution in [3.8, 4) is 0 Å². The van der Waals surface area contributed by atoms with Gasteiger partial charge in [0.2, 0.25) is 0 Å². The highest BCUT2D eigenvalue weighted by Gasteiger charge is 1.99. The lowest BCUT2D eigenvalue weighted by Gasteiger charge is -2.08. The fourth-order valence-electron chi connectivity index (χ4n) is 1.99. The molecule has 1 N–H and O–H groups in total. The van der Waals surface area contributed by atoms with Crippen LogP contribution in [0.15, 0.2) is 0 Å². The van der Waals surface area contributed by atoms with Crippen LogP contribution < -0.4 is 0 Å². The van der Waals surface area contributed by atoms with Crippen LogP contribution in [-0.2, 0) is 4.74 Å². The molecule has 2 nitrogen and oxygen atoms in total. The first-order valence-electron chi connectivity index (χ1n) is 7.86. The van der Waals surface area contributed by atoms with Crippen LogP contribution in [0, 0.1) is 6.92 Å². The molecule has 0 aliphatic rings. The van der Waals surface area contributed by atoms with Crippen molar-refractivity contribution in [1.29, 1.82) is 0 Å². The predicted octanol–water partition coefficient (Wildman–Crippen LogP) is 4.51. The Labute approximate surface area is 114 Å². The number of aliphatic hydroxyl groups is 1. The molecule has 1 unspecified atom stereocenters. The van der Waals surface area contributed by atoms with Crippen LogP contribution in [0.5, 0.6) is 0 Å². The summed E-state index contributed by atoms with van der Waals surface area (Å²) in [5, 5.41) is 9.23. The standard InChI is InChI=1S/C16H33O2/c1-3-5-6-7-8-9-10-11-12-13-14-18-15-16(17)4-2/h16-17H,2-15H2,1H3. The van der Waals surface area contributed by atoms with Crippen molar-refractivity contribution in [2.45, 2.75) is 83.7 Å². The van der Waals surface area contributed by atoms with E-state index in [2.05, 4.69) is 13.8 Å². The second kappa shape index (κ2) is 15.0. The number of unbranched alkanes of at least 4 members (excludes halogenated alkanes) is 9. The zero-order chi connectivity index (χ0) is 13.5. The molecular formula is C16H33O2. The van der Waals surface area contributed by atoms with Crippen molar-refractivity contribution >= 4 is 0 Å². The molecule has 109 valence electrons. The Morgan fingerprint density at radius 1 is 0.889 bits per heavy atom. The molecule has 0 aromatic carbocycles. The largest absolute Gasteiger partial charge is 0.391 e. The summed E-state index contributed by atoms with van der Waals surface area (Å²) in [5.41, 5.74) is 0. The van der Waals surface area contributed by atoms with Crippen molar-refractivity contribution in [3.05, 3.63) is 6.92 Å². The van der Waals surface area contributed by atoms with Crippen molar-refractivity contribution in [2.24, 2.45) is 0 Å². The summed E-state index contributed by atoms with van der Waals surface area (Å²) in [6, 6.07) is 0. The lowest BCUT2D eigenvalue weighted by atomic mass is 10.1. The van der Waals surface area contributed by atoms with Gasteiger partial charge in [0.15, 0.2) is 0 Å². The maximum absolute atomic E-state index is 9.23. The SMILES string of the molecule is [CH2]CC(O)COCCCCCCCCCCCC. The van der Waals surface area contributed by atoms with Crippen LogP contribution in [0.25, 0.3) is 0 Å². The zero-order valence-corrected chi connectivity index (χ0v) is 12.3. The third-order valence-electron chi connectivity index (χ3n) is 3.29. The molecule has 1 radical (unpaired) electrons. The second-order valence-corrected chi connectivity index (χ2v) is 5.20. The molecular weight excluding hydrogens is 224 g/mol. The van der Waals surface area contributed by atoms with Crippen LogP contribution in [0.3, 0.4) is 0 Å². The van der Waals surface area contributed by atoms with Gasteiger partial charge in [-0.2, -0.15) is 0 Å². The van der Waals surface area contributed by atoms with E-state index >= 15 is 0 Å². The van der Waals surface area contributed by atoms with E-state index < -0.39 is 0 Å². The van der Waals surface area contributed by atoms with Gasteiger partial charge in [-0.05, 0) is 12.8 Å². The Morgan fingerprint density at radius 2 is 1.39 bits per heavy atom. The normalized spacial score (nSPS) is 12.8. The monoisotopic (exact) mass is 257 g/mol. The lowest BCUT2D eigenvalue weighted by molar-refractivity contribution is 0.0364. The predicted molar refractivity (Wildman–Crippen MR) is 78.6 cm³/mol. The first kappa shape index (κ1) is 17.9. The lowest BCUT2D eigenvalue weighted by Crippen LogP contribution is -2.14. The molecule has 0 spiro atoms. The van der Waals surface area contributed by atoms with Gasteiger partial charge < -0.3 is 9.84 Å².